The van der Waals surface area contributed by atoms with Crippen LogP contribution in [-0.4, -0.2) is 36.0 Å². The molecule has 2 N–H and O–H groups in total. The number of carbonyl (C=O) groups excluding carboxylic acids is 2. The summed E-state index contributed by atoms with van der Waals surface area (Å²) in [5.41, 5.74) is 3.25. The van der Waals surface area contributed by atoms with Crippen LogP contribution in [0.5, 0.6) is 0 Å². The lowest BCUT2D eigenvalue weighted by Gasteiger charge is -2.29. The Kier molecular flexibility index (Phi) is 4.63. The van der Waals surface area contributed by atoms with Crippen molar-refractivity contribution in [2.75, 3.05) is 4.90 Å². The van der Waals surface area contributed by atoms with Gasteiger partial charge < -0.3 is 10.6 Å². The zero-order valence-electron chi connectivity index (χ0n) is 14.9. The lowest BCUT2D eigenvalue weighted by molar-refractivity contribution is -0.127. The summed E-state index contributed by atoms with van der Waals surface area (Å²) in [6.45, 7) is 7.98. The SMILES string of the molecule is CC(C)NC(=O)[C@@H]1Cc2cccc3c2N1C(=O)[C@H](NC(C)C)CC3. The molecule has 1 aromatic rings. The molecular weight excluding hydrogens is 302 g/mol. The molecule has 5 heteroatoms. The highest BCUT2D eigenvalue weighted by atomic mass is 16.2. The lowest BCUT2D eigenvalue weighted by Crippen LogP contribution is -2.55. The summed E-state index contributed by atoms with van der Waals surface area (Å²) in [7, 11) is 0. The Morgan fingerprint density at radius 2 is 1.88 bits per heavy atom. The van der Waals surface area contributed by atoms with Crippen LogP contribution in [0.1, 0.15) is 45.2 Å². The first kappa shape index (κ1) is 17.0. The van der Waals surface area contributed by atoms with E-state index in [0.29, 0.717) is 6.42 Å². The van der Waals surface area contributed by atoms with Crippen molar-refractivity contribution >= 4 is 17.5 Å². The summed E-state index contributed by atoms with van der Waals surface area (Å²) in [6, 6.07) is 5.77. The van der Waals surface area contributed by atoms with Crippen molar-refractivity contribution in [2.45, 2.75) is 71.1 Å². The molecule has 0 unspecified atom stereocenters. The molecule has 24 heavy (non-hydrogen) atoms. The third-order valence-electron chi connectivity index (χ3n) is 4.67. The van der Waals surface area contributed by atoms with Crippen LogP contribution in [0, 0.1) is 0 Å². The van der Waals surface area contributed by atoms with E-state index in [1.807, 2.05) is 39.8 Å². The molecule has 2 aliphatic heterocycles. The average Bonchev–Trinajstić information content (AvgIpc) is 2.83. The molecule has 3 rings (SSSR count). The molecule has 0 saturated carbocycles. The Bertz CT molecular complexity index is 654. The summed E-state index contributed by atoms with van der Waals surface area (Å²) in [4.78, 5) is 27.6. The van der Waals surface area contributed by atoms with Gasteiger partial charge in [0, 0.05) is 18.5 Å². The standard InChI is InChI=1S/C19H27N3O2/c1-11(2)20-15-9-8-13-6-5-7-14-10-16(18(23)21-12(3)4)22(17(13)14)19(15)24/h5-7,11-12,15-16,20H,8-10H2,1-4H3,(H,21,23)/t15-,16+/m1/s1. The number of amides is 2. The smallest absolute Gasteiger partial charge is 0.244 e. The van der Waals surface area contributed by atoms with Gasteiger partial charge in [0.25, 0.3) is 0 Å². The molecule has 130 valence electrons. The maximum atomic E-state index is 13.2. The van der Waals surface area contributed by atoms with Gasteiger partial charge in [-0.1, -0.05) is 32.0 Å². The molecular formula is C19H27N3O2. The topological polar surface area (TPSA) is 61.4 Å². The highest BCUT2D eigenvalue weighted by Gasteiger charge is 2.43. The average molecular weight is 329 g/mol. The van der Waals surface area contributed by atoms with E-state index in [1.54, 1.807) is 4.90 Å². The molecule has 0 radical (unpaired) electrons. The number of anilines is 1. The second-order valence-electron chi connectivity index (χ2n) is 7.43. The van der Waals surface area contributed by atoms with E-state index < -0.39 is 6.04 Å². The van der Waals surface area contributed by atoms with Crippen LogP contribution in [0.15, 0.2) is 18.2 Å². The van der Waals surface area contributed by atoms with Gasteiger partial charge in [-0.3, -0.25) is 14.5 Å². The predicted octanol–water partition coefficient (Wildman–Crippen LogP) is 1.78. The fourth-order valence-electron chi connectivity index (χ4n) is 3.78. The molecule has 5 nitrogen and oxygen atoms in total. The number of aryl methyl sites for hydroxylation is 1. The first-order chi connectivity index (χ1) is 11.4. The quantitative estimate of drug-likeness (QED) is 0.885. The van der Waals surface area contributed by atoms with Crippen LogP contribution < -0.4 is 15.5 Å². The third-order valence-corrected chi connectivity index (χ3v) is 4.67. The minimum Gasteiger partial charge on any atom is -0.352 e. The van der Waals surface area contributed by atoms with Gasteiger partial charge in [0.2, 0.25) is 11.8 Å². The minimum absolute atomic E-state index is 0.0244. The van der Waals surface area contributed by atoms with Crippen LogP contribution >= 0.6 is 0 Å². The van der Waals surface area contributed by atoms with Gasteiger partial charge >= 0.3 is 0 Å². The van der Waals surface area contributed by atoms with Crippen LogP contribution in [0.2, 0.25) is 0 Å². The summed E-state index contributed by atoms with van der Waals surface area (Å²) in [6.07, 6.45) is 2.22. The number of para-hydroxylation sites is 1. The van der Waals surface area contributed by atoms with Crippen molar-refractivity contribution in [1.82, 2.24) is 10.6 Å². The highest BCUT2D eigenvalue weighted by Crippen LogP contribution is 2.39. The Morgan fingerprint density at radius 1 is 1.17 bits per heavy atom. The van der Waals surface area contributed by atoms with E-state index in [-0.39, 0.29) is 29.9 Å². The Hall–Kier alpha value is -1.88. The number of carbonyl (C=O) groups is 2. The summed E-state index contributed by atoms with van der Waals surface area (Å²) >= 11 is 0. The van der Waals surface area contributed by atoms with Crippen LogP contribution in [0.3, 0.4) is 0 Å². The summed E-state index contributed by atoms with van der Waals surface area (Å²) in [5.74, 6) is -0.0398. The van der Waals surface area contributed by atoms with Crippen LogP contribution in [0.25, 0.3) is 0 Å². The fraction of sp³-hybridized carbons (Fsp3) is 0.579. The van der Waals surface area contributed by atoms with E-state index in [4.69, 9.17) is 0 Å². The van der Waals surface area contributed by atoms with Crippen molar-refractivity contribution in [3.8, 4) is 0 Å². The first-order valence-electron chi connectivity index (χ1n) is 8.88. The molecule has 0 fully saturated rings. The first-order valence-corrected chi connectivity index (χ1v) is 8.88. The van der Waals surface area contributed by atoms with Crippen molar-refractivity contribution < 1.29 is 9.59 Å². The van der Waals surface area contributed by atoms with E-state index in [9.17, 15) is 9.59 Å². The molecule has 0 aromatic heterocycles. The molecule has 2 heterocycles. The van der Waals surface area contributed by atoms with Crippen molar-refractivity contribution in [3.63, 3.8) is 0 Å². The number of benzene rings is 1. The Morgan fingerprint density at radius 3 is 2.54 bits per heavy atom. The fourth-order valence-corrected chi connectivity index (χ4v) is 3.78. The number of hydrogen-bond donors (Lipinski definition) is 2. The van der Waals surface area contributed by atoms with Crippen molar-refractivity contribution in [2.24, 2.45) is 0 Å². The lowest BCUT2D eigenvalue weighted by atomic mass is 10.0. The molecule has 2 atom stereocenters. The van der Waals surface area contributed by atoms with E-state index in [1.165, 1.54) is 5.56 Å². The van der Waals surface area contributed by atoms with Gasteiger partial charge in [-0.15, -0.1) is 0 Å². The molecule has 2 amide bonds. The van der Waals surface area contributed by atoms with E-state index in [2.05, 4.69) is 16.7 Å². The van der Waals surface area contributed by atoms with Gasteiger partial charge in [-0.25, -0.2) is 0 Å². The normalized spacial score (nSPS) is 22.8. The van der Waals surface area contributed by atoms with Gasteiger partial charge in [0.15, 0.2) is 0 Å². The Labute approximate surface area is 143 Å². The second-order valence-corrected chi connectivity index (χ2v) is 7.43. The van der Waals surface area contributed by atoms with Gasteiger partial charge in [-0.2, -0.15) is 0 Å². The molecule has 0 saturated heterocycles. The highest BCUT2D eigenvalue weighted by molar-refractivity contribution is 6.06. The van der Waals surface area contributed by atoms with Gasteiger partial charge in [0.1, 0.15) is 6.04 Å². The zero-order chi connectivity index (χ0) is 17.4. The van der Waals surface area contributed by atoms with Crippen LogP contribution in [-0.2, 0) is 22.4 Å². The van der Waals surface area contributed by atoms with E-state index >= 15 is 0 Å². The third kappa shape index (κ3) is 3.05. The molecule has 2 aliphatic rings. The second kappa shape index (κ2) is 6.55. The maximum absolute atomic E-state index is 13.2. The van der Waals surface area contributed by atoms with Gasteiger partial charge in [-0.05, 0) is 37.8 Å². The largest absolute Gasteiger partial charge is 0.352 e. The van der Waals surface area contributed by atoms with Crippen molar-refractivity contribution in [3.05, 3.63) is 29.3 Å². The summed E-state index contributed by atoms with van der Waals surface area (Å²) in [5, 5.41) is 6.34. The number of hydrogen-bond acceptors (Lipinski definition) is 3. The minimum atomic E-state index is -0.439. The van der Waals surface area contributed by atoms with Crippen LogP contribution in [0.4, 0.5) is 5.69 Å². The molecule has 0 bridgehead atoms. The molecule has 0 spiro atoms. The monoisotopic (exact) mass is 329 g/mol. The van der Waals surface area contributed by atoms with Gasteiger partial charge in [0.05, 0.1) is 11.7 Å². The number of nitrogens with one attached hydrogen (secondary N) is 2. The summed E-state index contributed by atoms with van der Waals surface area (Å²) < 4.78 is 0. The Balaban J connectivity index is 1.98. The zero-order valence-corrected chi connectivity index (χ0v) is 14.9. The maximum Gasteiger partial charge on any atom is 0.244 e. The number of nitrogens with zero attached hydrogens (tertiary/aromatic N) is 1. The molecule has 0 aliphatic carbocycles. The van der Waals surface area contributed by atoms with E-state index in [0.717, 1.165) is 24.1 Å². The number of rotatable bonds is 4. The van der Waals surface area contributed by atoms with Crippen molar-refractivity contribution in [1.29, 1.82) is 0 Å². The predicted molar refractivity (Wildman–Crippen MR) is 95.1 cm³/mol. The molecule has 1 aromatic carbocycles.